The number of hydrogen-bond donors (Lipinski definition) is 3. The molecule has 0 heterocycles. The number of phenols is 1. The summed E-state index contributed by atoms with van der Waals surface area (Å²) in [5.41, 5.74) is 0.731. The number of phenolic OH excluding ortho intramolecular Hbond substituents is 1. The van der Waals surface area contributed by atoms with Crippen LogP contribution in [0.4, 0.5) is 5.69 Å². The molecule has 246 valence electrons. The smallest absolute Gasteiger partial charge is 0.261 e. The van der Waals surface area contributed by atoms with Crippen LogP contribution in [0.2, 0.25) is 10.1 Å². The Morgan fingerprint density at radius 3 is 1.96 bits per heavy atom. The Labute approximate surface area is 282 Å². The highest BCUT2D eigenvalue weighted by Gasteiger charge is 2.50. The summed E-state index contributed by atoms with van der Waals surface area (Å²) in [6, 6.07) is 30.3. The van der Waals surface area contributed by atoms with Gasteiger partial charge in [-0.05, 0) is 78.0 Å². The van der Waals surface area contributed by atoms with E-state index in [0.717, 1.165) is 10.4 Å². The van der Waals surface area contributed by atoms with E-state index >= 15 is 0 Å². The monoisotopic (exact) mass is 698 g/mol. The highest BCUT2D eigenvalue weighted by atomic mass is 35.5. The van der Waals surface area contributed by atoms with Crippen LogP contribution in [-0.2, 0) is 38.5 Å². The van der Waals surface area contributed by atoms with Gasteiger partial charge in [0, 0.05) is 16.3 Å². The molecule has 0 saturated heterocycles. The Morgan fingerprint density at radius 1 is 0.848 bits per heavy atom. The molecule has 3 N–H and O–H groups in total. The van der Waals surface area contributed by atoms with Crippen LogP contribution < -0.4 is 19.8 Å². The number of halogens is 1. The van der Waals surface area contributed by atoms with Gasteiger partial charge in [0.25, 0.3) is 8.32 Å². The number of nitrogens with one attached hydrogen (secondary N) is 2. The van der Waals surface area contributed by atoms with E-state index in [1.807, 2.05) is 36.4 Å². The van der Waals surface area contributed by atoms with Crippen molar-refractivity contribution >= 4 is 57.0 Å². The fraction of sp³-hybridized carbons (Fsp3) is 0.314. The first-order valence-corrected chi connectivity index (χ1v) is 20.1. The number of hydrogen-bond acceptors (Lipinski definition) is 5. The molecular weight excluding hydrogens is 656 g/mol. The summed E-state index contributed by atoms with van der Waals surface area (Å²) in [5.74, 6) is 0.160. The van der Waals surface area contributed by atoms with Gasteiger partial charge in [-0.1, -0.05) is 105 Å². The third-order valence-corrected chi connectivity index (χ3v) is 15.5. The molecule has 0 bridgehead atoms. The van der Waals surface area contributed by atoms with Crippen LogP contribution in [0.3, 0.4) is 0 Å². The highest BCUT2D eigenvalue weighted by molar-refractivity contribution is 7.90. The van der Waals surface area contributed by atoms with E-state index in [9.17, 15) is 17.7 Å². The van der Waals surface area contributed by atoms with Crippen molar-refractivity contribution in [1.82, 2.24) is 4.72 Å². The maximum atomic E-state index is 13.7. The Kier molecular flexibility index (Phi) is 11.2. The molecule has 11 heteroatoms. The van der Waals surface area contributed by atoms with Crippen LogP contribution in [0.25, 0.3) is 0 Å². The lowest BCUT2D eigenvalue weighted by molar-refractivity contribution is 0.286. The van der Waals surface area contributed by atoms with Gasteiger partial charge >= 0.3 is 0 Å². The summed E-state index contributed by atoms with van der Waals surface area (Å²) in [5, 5.41) is 12.6. The van der Waals surface area contributed by atoms with Crippen LogP contribution in [0.1, 0.15) is 52.7 Å². The summed E-state index contributed by atoms with van der Waals surface area (Å²) >= 11 is 5.94. The minimum absolute atomic E-state index is 0.0198. The second kappa shape index (κ2) is 14.4. The van der Waals surface area contributed by atoms with Crippen LogP contribution >= 0.6 is 11.6 Å². The number of anilines is 1. The summed E-state index contributed by atoms with van der Waals surface area (Å²) in [7, 11) is -8.56. The fourth-order valence-electron chi connectivity index (χ4n) is 5.50. The number of sulfonamides is 1. The van der Waals surface area contributed by atoms with E-state index in [-0.39, 0.29) is 33.7 Å². The topological polar surface area (TPSA) is 105 Å². The lowest BCUT2D eigenvalue weighted by Gasteiger charge is -2.43. The van der Waals surface area contributed by atoms with E-state index in [1.54, 1.807) is 51.1 Å². The van der Waals surface area contributed by atoms with Crippen LogP contribution in [0.15, 0.2) is 102 Å². The molecule has 1 atom stereocenters. The molecule has 0 radical (unpaired) electrons. The first-order chi connectivity index (χ1) is 21.5. The standard InChI is InChI=1S/C35H43ClN2O5S2Si/c1-34(2,3)38-45(41,42)33-23-26(17-20-31(33)37-44(40)22-21-27-18-19-28(36)24-32(27)39)25-43-46(35(4,5)6,29-13-9-7-10-14-29)30-15-11-8-12-16-30/h7-20,23-24,37-39H,21-22,25H2,1-6H3. The van der Waals surface area contributed by atoms with Crippen molar-refractivity contribution in [3.63, 3.8) is 0 Å². The molecule has 0 aliphatic rings. The second-order valence-electron chi connectivity index (χ2n) is 13.3. The molecule has 7 nitrogen and oxygen atoms in total. The second-order valence-corrected chi connectivity index (χ2v) is 21.0. The molecule has 0 aromatic heterocycles. The number of benzene rings is 4. The number of aromatic hydroxyl groups is 1. The Balaban J connectivity index is 1.69. The Bertz CT molecular complexity index is 1740. The third kappa shape index (κ3) is 8.67. The molecule has 0 aliphatic carbocycles. The van der Waals surface area contributed by atoms with E-state index in [1.165, 1.54) is 6.07 Å². The minimum atomic E-state index is -4.03. The van der Waals surface area contributed by atoms with Crippen LogP contribution in [-0.4, -0.2) is 37.3 Å². The van der Waals surface area contributed by atoms with Crippen molar-refractivity contribution in [2.75, 3.05) is 10.5 Å². The van der Waals surface area contributed by atoms with Gasteiger partial charge in [0.05, 0.1) is 12.3 Å². The van der Waals surface area contributed by atoms with E-state index in [0.29, 0.717) is 22.6 Å². The predicted octanol–water partition coefficient (Wildman–Crippen LogP) is 6.52. The van der Waals surface area contributed by atoms with Crippen molar-refractivity contribution in [3.8, 4) is 5.75 Å². The maximum Gasteiger partial charge on any atom is 0.261 e. The Hall–Kier alpha value is -2.99. The summed E-state index contributed by atoms with van der Waals surface area (Å²) in [4.78, 5) is -0.0198. The van der Waals surface area contributed by atoms with Gasteiger partial charge in [-0.15, -0.1) is 0 Å². The van der Waals surface area contributed by atoms with Gasteiger partial charge in [0.2, 0.25) is 10.0 Å². The quantitative estimate of drug-likeness (QED) is 0.146. The van der Waals surface area contributed by atoms with Crippen molar-refractivity contribution in [3.05, 3.63) is 113 Å². The zero-order chi connectivity index (χ0) is 33.8. The zero-order valence-corrected chi connectivity index (χ0v) is 30.5. The molecule has 0 amide bonds. The largest absolute Gasteiger partial charge is 0.508 e. The van der Waals surface area contributed by atoms with Crippen molar-refractivity contribution in [1.29, 1.82) is 0 Å². The molecule has 46 heavy (non-hydrogen) atoms. The molecule has 4 aromatic carbocycles. The third-order valence-electron chi connectivity index (χ3n) is 7.48. The average Bonchev–Trinajstić information content (AvgIpc) is 2.97. The predicted molar refractivity (Wildman–Crippen MR) is 192 cm³/mol. The minimum Gasteiger partial charge on any atom is -0.508 e. The van der Waals surface area contributed by atoms with Crippen molar-refractivity contribution < 1.29 is 22.2 Å². The lowest BCUT2D eigenvalue weighted by Crippen LogP contribution is -2.66. The first kappa shape index (κ1) is 35.9. The lowest BCUT2D eigenvalue weighted by atomic mass is 10.1. The van der Waals surface area contributed by atoms with Gasteiger partial charge in [0.15, 0.2) is 0 Å². The van der Waals surface area contributed by atoms with Crippen molar-refractivity contribution in [2.45, 2.75) is 70.0 Å². The Morgan fingerprint density at radius 2 is 1.43 bits per heavy atom. The average molecular weight is 699 g/mol. The SMILES string of the molecule is CC(C)(C)NS(=O)(=O)c1cc(CO[Si](c2ccccc2)(c2ccccc2)C(C)(C)C)ccc1NS(=O)CCc1ccc(Cl)cc1O. The summed E-state index contributed by atoms with van der Waals surface area (Å²) in [6.45, 7) is 12.0. The molecule has 0 aliphatic heterocycles. The molecule has 0 spiro atoms. The zero-order valence-electron chi connectivity index (χ0n) is 27.1. The molecule has 1 unspecified atom stereocenters. The van der Waals surface area contributed by atoms with E-state index in [2.05, 4.69) is 54.5 Å². The summed E-state index contributed by atoms with van der Waals surface area (Å²) in [6.07, 6.45) is 0.301. The molecular formula is C35H43ClN2O5S2Si. The van der Waals surface area contributed by atoms with Gasteiger partial charge in [0.1, 0.15) is 21.6 Å². The van der Waals surface area contributed by atoms with Crippen LogP contribution in [0, 0.1) is 0 Å². The van der Waals surface area contributed by atoms with Gasteiger partial charge in [-0.2, -0.15) is 0 Å². The first-order valence-electron chi connectivity index (χ1n) is 15.1. The summed E-state index contributed by atoms with van der Waals surface area (Å²) < 4.78 is 53.3. The molecule has 0 fully saturated rings. The van der Waals surface area contributed by atoms with E-state index < -0.39 is 34.9 Å². The van der Waals surface area contributed by atoms with Crippen molar-refractivity contribution in [2.24, 2.45) is 0 Å². The number of rotatable bonds is 12. The molecule has 4 aromatic rings. The number of aryl methyl sites for hydroxylation is 1. The van der Waals surface area contributed by atoms with Gasteiger partial charge in [-0.25, -0.2) is 17.3 Å². The van der Waals surface area contributed by atoms with E-state index in [4.69, 9.17) is 16.0 Å². The van der Waals surface area contributed by atoms with Gasteiger partial charge in [-0.3, -0.25) is 0 Å². The van der Waals surface area contributed by atoms with Crippen LogP contribution in [0.5, 0.6) is 5.75 Å². The molecule has 4 rings (SSSR count). The molecule has 0 saturated carbocycles. The highest BCUT2D eigenvalue weighted by Crippen LogP contribution is 2.37. The maximum absolute atomic E-state index is 13.7. The normalized spacial score (nSPS) is 13.4. The fourth-order valence-corrected chi connectivity index (χ4v) is 12.8. The van der Waals surface area contributed by atoms with Gasteiger partial charge < -0.3 is 14.3 Å².